The van der Waals surface area contributed by atoms with Gasteiger partial charge in [-0.15, -0.1) is 0 Å². The summed E-state index contributed by atoms with van der Waals surface area (Å²) in [5, 5.41) is 5.15. The van der Waals surface area contributed by atoms with Gasteiger partial charge in [-0.2, -0.15) is 0 Å². The summed E-state index contributed by atoms with van der Waals surface area (Å²) in [7, 11) is 3.49. The van der Waals surface area contributed by atoms with Gasteiger partial charge in [0.1, 0.15) is 5.75 Å². The fourth-order valence-electron chi connectivity index (χ4n) is 2.51. The SMILES string of the molecule is COc1ccc2cc(C3CNC(=O)N3C)ccc2c1. The number of benzene rings is 2. The normalized spacial score (nSPS) is 18.7. The third kappa shape index (κ3) is 1.99. The van der Waals surface area contributed by atoms with Crippen LogP contribution in [0, 0.1) is 0 Å². The van der Waals surface area contributed by atoms with Crippen molar-refractivity contribution in [2.24, 2.45) is 0 Å². The van der Waals surface area contributed by atoms with E-state index >= 15 is 0 Å². The van der Waals surface area contributed by atoms with Gasteiger partial charge in [-0.1, -0.05) is 18.2 Å². The summed E-state index contributed by atoms with van der Waals surface area (Å²) in [6.45, 7) is 0.664. The average Bonchev–Trinajstić information content (AvgIpc) is 2.78. The zero-order valence-corrected chi connectivity index (χ0v) is 11.0. The molecular weight excluding hydrogens is 240 g/mol. The molecule has 2 amide bonds. The minimum absolute atomic E-state index is 0.0140. The van der Waals surface area contributed by atoms with Crippen LogP contribution in [-0.4, -0.2) is 31.6 Å². The smallest absolute Gasteiger partial charge is 0.317 e. The molecular formula is C15H16N2O2. The van der Waals surface area contributed by atoms with Crippen LogP contribution in [0.2, 0.25) is 0 Å². The summed E-state index contributed by atoms with van der Waals surface area (Å²) in [4.78, 5) is 13.2. The first-order chi connectivity index (χ1) is 9.19. The Balaban J connectivity index is 2.00. The molecule has 0 spiro atoms. The van der Waals surface area contributed by atoms with Crippen LogP contribution in [-0.2, 0) is 0 Å². The van der Waals surface area contributed by atoms with Gasteiger partial charge in [0.15, 0.2) is 0 Å². The standard InChI is InChI=1S/C15H16N2O2/c1-17-14(9-16-15(17)18)12-4-3-11-8-13(19-2)6-5-10(11)7-12/h3-8,14H,9H2,1-2H3,(H,16,18). The number of amides is 2. The molecule has 1 atom stereocenters. The summed E-state index contributed by atoms with van der Waals surface area (Å²) in [6.07, 6.45) is 0. The highest BCUT2D eigenvalue weighted by Crippen LogP contribution is 2.28. The number of rotatable bonds is 2. The van der Waals surface area contributed by atoms with Crippen LogP contribution in [0.1, 0.15) is 11.6 Å². The summed E-state index contributed by atoms with van der Waals surface area (Å²) >= 11 is 0. The highest BCUT2D eigenvalue weighted by atomic mass is 16.5. The van der Waals surface area contributed by atoms with Crippen molar-refractivity contribution in [3.8, 4) is 5.75 Å². The van der Waals surface area contributed by atoms with E-state index in [0.717, 1.165) is 22.1 Å². The van der Waals surface area contributed by atoms with Crippen LogP contribution in [0.15, 0.2) is 36.4 Å². The molecule has 0 saturated carbocycles. The lowest BCUT2D eigenvalue weighted by molar-refractivity contribution is 0.217. The van der Waals surface area contributed by atoms with Crippen molar-refractivity contribution in [2.45, 2.75) is 6.04 Å². The number of likely N-dealkylation sites (N-methyl/N-ethyl adjacent to an activating group) is 1. The van der Waals surface area contributed by atoms with Crippen molar-refractivity contribution in [2.75, 3.05) is 20.7 Å². The molecule has 1 N–H and O–H groups in total. The monoisotopic (exact) mass is 256 g/mol. The number of ether oxygens (including phenoxy) is 1. The Bertz CT molecular complexity index is 639. The summed E-state index contributed by atoms with van der Waals surface area (Å²) in [5.74, 6) is 0.857. The highest BCUT2D eigenvalue weighted by molar-refractivity contribution is 5.85. The largest absolute Gasteiger partial charge is 0.497 e. The number of nitrogens with zero attached hydrogens (tertiary/aromatic N) is 1. The maximum absolute atomic E-state index is 11.5. The minimum atomic E-state index is -0.0140. The minimum Gasteiger partial charge on any atom is -0.497 e. The molecule has 1 aliphatic heterocycles. The maximum Gasteiger partial charge on any atom is 0.317 e. The zero-order valence-electron chi connectivity index (χ0n) is 11.0. The molecule has 98 valence electrons. The molecule has 1 aliphatic rings. The number of nitrogens with one attached hydrogen (secondary N) is 1. The summed E-state index contributed by atoms with van der Waals surface area (Å²) in [6, 6.07) is 12.4. The first-order valence-corrected chi connectivity index (χ1v) is 6.27. The van der Waals surface area contributed by atoms with Gasteiger partial charge in [0, 0.05) is 13.6 Å². The predicted molar refractivity (Wildman–Crippen MR) is 74.4 cm³/mol. The van der Waals surface area contributed by atoms with Gasteiger partial charge >= 0.3 is 6.03 Å². The molecule has 1 fully saturated rings. The number of carbonyl (C=O) groups is 1. The lowest BCUT2D eigenvalue weighted by Crippen LogP contribution is -2.25. The van der Waals surface area contributed by atoms with Gasteiger partial charge in [-0.05, 0) is 34.5 Å². The molecule has 2 aromatic rings. The van der Waals surface area contributed by atoms with Crippen molar-refractivity contribution >= 4 is 16.8 Å². The first-order valence-electron chi connectivity index (χ1n) is 6.27. The van der Waals surface area contributed by atoms with E-state index in [9.17, 15) is 4.79 Å². The molecule has 4 nitrogen and oxygen atoms in total. The van der Waals surface area contributed by atoms with E-state index in [2.05, 4.69) is 23.5 Å². The maximum atomic E-state index is 11.5. The van der Waals surface area contributed by atoms with Crippen LogP contribution in [0.3, 0.4) is 0 Å². The summed E-state index contributed by atoms with van der Waals surface area (Å²) in [5.41, 5.74) is 1.15. The van der Waals surface area contributed by atoms with Crippen molar-refractivity contribution in [3.63, 3.8) is 0 Å². The molecule has 0 aromatic heterocycles. The first kappa shape index (κ1) is 11.8. The zero-order chi connectivity index (χ0) is 13.4. The quantitative estimate of drug-likeness (QED) is 0.897. The third-order valence-electron chi connectivity index (χ3n) is 3.69. The molecule has 0 radical (unpaired) electrons. The van der Waals surface area contributed by atoms with E-state index < -0.39 is 0 Å². The molecule has 19 heavy (non-hydrogen) atoms. The van der Waals surface area contributed by atoms with Crippen LogP contribution in [0.4, 0.5) is 4.79 Å². The second-order valence-corrected chi connectivity index (χ2v) is 4.79. The van der Waals surface area contributed by atoms with Gasteiger partial charge < -0.3 is 15.0 Å². The molecule has 1 unspecified atom stereocenters. The van der Waals surface area contributed by atoms with Gasteiger partial charge in [0.05, 0.1) is 13.2 Å². The Kier molecular flexibility index (Phi) is 2.78. The second kappa shape index (κ2) is 4.46. The van der Waals surface area contributed by atoms with Crippen LogP contribution in [0.25, 0.3) is 10.8 Å². The number of methoxy groups -OCH3 is 1. The van der Waals surface area contributed by atoms with Crippen molar-refractivity contribution in [1.29, 1.82) is 0 Å². The molecule has 1 heterocycles. The van der Waals surface area contributed by atoms with Crippen LogP contribution < -0.4 is 10.1 Å². The molecule has 0 bridgehead atoms. The fourth-order valence-corrected chi connectivity index (χ4v) is 2.51. The van der Waals surface area contributed by atoms with Crippen molar-refractivity contribution in [3.05, 3.63) is 42.0 Å². The molecule has 0 aliphatic carbocycles. The Morgan fingerprint density at radius 1 is 1.21 bits per heavy atom. The van der Waals surface area contributed by atoms with Crippen molar-refractivity contribution in [1.82, 2.24) is 10.2 Å². The summed E-state index contributed by atoms with van der Waals surface area (Å²) < 4.78 is 5.22. The third-order valence-corrected chi connectivity index (χ3v) is 3.69. The van der Waals surface area contributed by atoms with Gasteiger partial charge in [-0.25, -0.2) is 4.79 Å². The van der Waals surface area contributed by atoms with Crippen LogP contribution in [0.5, 0.6) is 5.75 Å². The lowest BCUT2D eigenvalue weighted by atomic mass is 10.0. The van der Waals surface area contributed by atoms with Gasteiger partial charge in [0.2, 0.25) is 0 Å². The predicted octanol–water partition coefficient (Wildman–Crippen LogP) is 2.54. The highest BCUT2D eigenvalue weighted by Gasteiger charge is 2.28. The van der Waals surface area contributed by atoms with E-state index in [-0.39, 0.29) is 12.1 Å². The van der Waals surface area contributed by atoms with E-state index in [1.165, 1.54) is 0 Å². The fraction of sp³-hybridized carbons (Fsp3) is 0.267. The Labute approximate surface area is 112 Å². The van der Waals surface area contributed by atoms with Crippen LogP contribution >= 0.6 is 0 Å². The molecule has 2 aromatic carbocycles. The Morgan fingerprint density at radius 3 is 2.63 bits per heavy atom. The lowest BCUT2D eigenvalue weighted by Gasteiger charge is -2.18. The van der Waals surface area contributed by atoms with Gasteiger partial charge in [0.25, 0.3) is 0 Å². The topological polar surface area (TPSA) is 41.6 Å². The van der Waals surface area contributed by atoms with E-state index in [4.69, 9.17) is 4.74 Å². The van der Waals surface area contributed by atoms with Crippen molar-refractivity contribution < 1.29 is 9.53 Å². The number of hydrogen-bond donors (Lipinski definition) is 1. The van der Waals surface area contributed by atoms with Gasteiger partial charge in [-0.3, -0.25) is 0 Å². The Hall–Kier alpha value is -2.23. The molecule has 4 heteroatoms. The second-order valence-electron chi connectivity index (χ2n) is 4.79. The number of hydrogen-bond acceptors (Lipinski definition) is 2. The number of carbonyl (C=O) groups excluding carboxylic acids is 1. The van der Waals surface area contributed by atoms with E-state index in [0.29, 0.717) is 6.54 Å². The number of fused-ring (bicyclic) bond motifs is 1. The Morgan fingerprint density at radius 2 is 1.95 bits per heavy atom. The number of urea groups is 1. The van der Waals surface area contributed by atoms with E-state index in [1.807, 2.05) is 25.2 Å². The average molecular weight is 256 g/mol. The van der Waals surface area contributed by atoms with E-state index in [1.54, 1.807) is 12.0 Å². The molecule has 1 saturated heterocycles. The molecule has 3 rings (SSSR count).